The lowest BCUT2D eigenvalue weighted by atomic mass is 9.96. The molecule has 110 valence electrons. The molecular weight excluding hydrogens is 262 g/mol. The number of benzene rings is 1. The van der Waals surface area contributed by atoms with Gasteiger partial charge in [0.05, 0.1) is 6.61 Å². The molecule has 0 spiro atoms. The average molecular weight is 283 g/mol. The third-order valence-electron chi connectivity index (χ3n) is 3.94. The second-order valence-corrected chi connectivity index (χ2v) is 5.41. The highest BCUT2D eigenvalue weighted by Gasteiger charge is 2.17. The number of aromatic nitrogens is 2. The SMILES string of the molecule is CNc1nc(-c2ccc(COC)cc2)nc2c1CCCC2. The summed E-state index contributed by atoms with van der Waals surface area (Å²) in [6.45, 7) is 0.632. The molecule has 1 aliphatic rings. The number of ether oxygens (including phenoxy) is 1. The van der Waals surface area contributed by atoms with Crippen LogP contribution in [-0.4, -0.2) is 24.1 Å². The van der Waals surface area contributed by atoms with Crippen LogP contribution in [0.25, 0.3) is 11.4 Å². The molecule has 21 heavy (non-hydrogen) atoms. The van der Waals surface area contributed by atoms with Crippen molar-refractivity contribution in [1.29, 1.82) is 0 Å². The smallest absolute Gasteiger partial charge is 0.161 e. The highest BCUT2D eigenvalue weighted by atomic mass is 16.5. The first-order valence-electron chi connectivity index (χ1n) is 7.47. The molecule has 0 aliphatic heterocycles. The van der Waals surface area contributed by atoms with Crippen LogP contribution in [0.3, 0.4) is 0 Å². The first-order valence-corrected chi connectivity index (χ1v) is 7.47. The molecule has 4 heteroatoms. The highest BCUT2D eigenvalue weighted by Crippen LogP contribution is 2.28. The molecule has 1 aromatic carbocycles. The molecule has 3 rings (SSSR count). The van der Waals surface area contributed by atoms with E-state index in [1.54, 1.807) is 7.11 Å². The molecule has 0 saturated carbocycles. The van der Waals surface area contributed by atoms with Gasteiger partial charge in [-0.05, 0) is 31.2 Å². The number of anilines is 1. The van der Waals surface area contributed by atoms with E-state index in [4.69, 9.17) is 14.7 Å². The summed E-state index contributed by atoms with van der Waals surface area (Å²) in [7, 11) is 3.64. The standard InChI is InChI=1S/C17H21N3O/c1-18-17-14-5-3-4-6-15(14)19-16(20-17)13-9-7-12(8-10-13)11-21-2/h7-10H,3-6,11H2,1-2H3,(H,18,19,20). The second-order valence-electron chi connectivity index (χ2n) is 5.41. The number of methoxy groups -OCH3 is 1. The van der Waals surface area contributed by atoms with Crippen molar-refractivity contribution in [1.82, 2.24) is 9.97 Å². The van der Waals surface area contributed by atoms with E-state index in [-0.39, 0.29) is 0 Å². The number of aryl methyl sites for hydroxylation is 1. The summed E-state index contributed by atoms with van der Waals surface area (Å²) in [5, 5.41) is 3.23. The van der Waals surface area contributed by atoms with E-state index in [2.05, 4.69) is 29.6 Å². The van der Waals surface area contributed by atoms with Crippen LogP contribution in [0.5, 0.6) is 0 Å². The Morgan fingerprint density at radius 2 is 1.86 bits per heavy atom. The molecule has 1 aromatic heterocycles. The Kier molecular flexibility index (Phi) is 4.15. The van der Waals surface area contributed by atoms with Crippen molar-refractivity contribution in [2.24, 2.45) is 0 Å². The van der Waals surface area contributed by atoms with Crippen LogP contribution >= 0.6 is 0 Å². The van der Waals surface area contributed by atoms with Gasteiger partial charge < -0.3 is 10.1 Å². The predicted octanol–water partition coefficient (Wildman–Crippen LogP) is 3.21. The summed E-state index contributed by atoms with van der Waals surface area (Å²) < 4.78 is 5.14. The van der Waals surface area contributed by atoms with Crippen molar-refractivity contribution in [3.63, 3.8) is 0 Å². The molecule has 0 amide bonds. The fourth-order valence-electron chi connectivity index (χ4n) is 2.85. The molecule has 0 atom stereocenters. The summed E-state index contributed by atoms with van der Waals surface area (Å²) in [4.78, 5) is 9.48. The van der Waals surface area contributed by atoms with Gasteiger partial charge in [0.2, 0.25) is 0 Å². The highest BCUT2D eigenvalue weighted by molar-refractivity contribution is 5.60. The Morgan fingerprint density at radius 3 is 2.57 bits per heavy atom. The zero-order valence-electron chi connectivity index (χ0n) is 12.6. The van der Waals surface area contributed by atoms with Gasteiger partial charge in [-0.15, -0.1) is 0 Å². The van der Waals surface area contributed by atoms with Crippen molar-refractivity contribution in [3.05, 3.63) is 41.1 Å². The summed E-state index contributed by atoms with van der Waals surface area (Å²) in [5.41, 5.74) is 4.72. The Bertz CT molecular complexity index is 605. The minimum Gasteiger partial charge on any atom is -0.380 e. The van der Waals surface area contributed by atoms with Gasteiger partial charge in [-0.1, -0.05) is 24.3 Å². The van der Waals surface area contributed by atoms with E-state index >= 15 is 0 Å². The summed E-state index contributed by atoms with van der Waals surface area (Å²) in [6.07, 6.45) is 4.59. The van der Waals surface area contributed by atoms with Gasteiger partial charge in [-0.25, -0.2) is 9.97 Å². The normalized spacial score (nSPS) is 13.8. The van der Waals surface area contributed by atoms with E-state index in [9.17, 15) is 0 Å². The van der Waals surface area contributed by atoms with Crippen molar-refractivity contribution in [2.75, 3.05) is 19.5 Å². The number of rotatable bonds is 4. The monoisotopic (exact) mass is 283 g/mol. The van der Waals surface area contributed by atoms with Gasteiger partial charge in [0.25, 0.3) is 0 Å². The third kappa shape index (κ3) is 2.90. The Labute approximate surface area is 125 Å². The van der Waals surface area contributed by atoms with Gasteiger partial charge in [0.1, 0.15) is 5.82 Å². The van der Waals surface area contributed by atoms with E-state index < -0.39 is 0 Å². The van der Waals surface area contributed by atoms with E-state index in [0.717, 1.165) is 35.6 Å². The third-order valence-corrected chi connectivity index (χ3v) is 3.94. The fraction of sp³-hybridized carbons (Fsp3) is 0.412. The maximum absolute atomic E-state index is 5.14. The molecule has 2 aromatic rings. The minimum atomic E-state index is 0.632. The molecule has 1 aliphatic carbocycles. The second kappa shape index (κ2) is 6.22. The molecule has 0 saturated heterocycles. The first-order chi connectivity index (χ1) is 10.3. The molecular formula is C17H21N3O. The van der Waals surface area contributed by atoms with Crippen LogP contribution in [0, 0.1) is 0 Å². The topological polar surface area (TPSA) is 47.0 Å². The fourth-order valence-corrected chi connectivity index (χ4v) is 2.85. The largest absolute Gasteiger partial charge is 0.380 e. The molecule has 1 heterocycles. The van der Waals surface area contributed by atoms with Gasteiger partial charge >= 0.3 is 0 Å². The van der Waals surface area contributed by atoms with Crippen LogP contribution in [0.1, 0.15) is 29.7 Å². The molecule has 1 N–H and O–H groups in total. The van der Waals surface area contributed by atoms with E-state index in [0.29, 0.717) is 6.61 Å². The summed E-state index contributed by atoms with van der Waals surface area (Å²) in [6, 6.07) is 8.28. The van der Waals surface area contributed by atoms with Gasteiger partial charge in [0.15, 0.2) is 5.82 Å². The van der Waals surface area contributed by atoms with Crippen LogP contribution in [0.4, 0.5) is 5.82 Å². The lowest BCUT2D eigenvalue weighted by Gasteiger charge is -2.18. The van der Waals surface area contributed by atoms with Crippen molar-refractivity contribution < 1.29 is 4.74 Å². The number of hydrogen-bond donors (Lipinski definition) is 1. The summed E-state index contributed by atoms with van der Waals surface area (Å²) >= 11 is 0. The lowest BCUT2D eigenvalue weighted by molar-refractivity contribution is 0.185. The number of nitrogens with zero attached hydrogens (tertiary/aromatic N) is 2. The van der Waals surface area contributed by atoms with Crippen LogP contribution in [0.15, 0.2) is 24.3 Å². The number of nitrogens with one attached hydrogen (secondary N) is 1. The zero-order valence-corrected chi connectivity index (χ0v) is 12.6. The first kappa shape index (κ1) is 14.0. The van der Waals surface area contributed by atoms with Crippen LogP contribution < -0.4 is 5.32 Å². The predicted molar refractivity (Wildman–Crippen MR) is 84.4 cm³/mol. The minimum absolute atomic E-state index is 0.632. The van der Waals surface area contributed by atoms with Crippen LogP contribution in [-0.2, 0) is 24.2 Å². The number of fused-ring (bicyclic) bond motifs is 1. The Hall–Kier alpha value is -1.94. The van der Waals surface area contributed by atoms with E-state index in [1.165, 1.54) is 24.1 Å². The maximum Gasteiger partial charge on any atom is 0.161 e. The Morgan fingerprint density at radius 1 is 1.10 bits per heavy atom. The van der Waals surface area contributed by atoms with Crippen molar-refractivity contribution in [3.8, 4) is 11.4 Å². The molecule has 4 nitrogen and oxygen atoms in total. The van der Waals surface area contributed by atoms with Gasteiger partial charge in [-0.2, -0.15) is 0 Å². The molecule has 0 unspecified atom stereocenters. The van der Waals surface area contributed by atoms with Crippen molar-refractivity contribution in [2.45, 2.75) is 32.3 Å². The van der Waals surface area contributed by atoms with Crippen LogP contribution in [0.2, 0.25) is 0 Å². The lowest BCUT2D eigenvalue weighted by Crippen LogP contribution is -2.11. The van der Waals surface area contributed by atoms with E-state index in [1.807, 2.05) is 7.05 Å². The summed E-state index contributed by atoms with van der Waals surface area (Å²) in [5.74, 6) is 1.79. The zero-order chi connectivity index (χ0) is 14.7. The van der Waals surface area contributed by atoms with Gasteiger partial charge in [-0.3, -0.25) is 0 Å². The maximum atomic E-state index is 5.14. The molecule has 0 fully saturated rings. The molecule has 0 bridgehead atoms. The van der Waals surface area contributed by atoms with Gasteiger partial charge in [0, 0.05) is 31.0 Å². The quantitative estimate of drug-likeness (QED) is 0.936. The number of hydrogen-bond acceptors (Lipinski definition) is 4. The van der Waals surface area contributed by atoms with Crippen molar-refractivity contribution >= 4 is 5.82 Å². The average Bonchev–Trinajstić information content (AvgIpc) is 2.55. The Balaban J connectivity index is 1.98. The molecule has 0 radical (unpaired) electrons.